The standard InChI is InChI=1S/C26H37N3O6S/c1-7-35-24-14-10-22(11-15-24)29(36(6,32)33)18-25(30)28(20(4)26(31)27-16-19(2)3)17-21-8-12-23(34-5)13-9-21/h8-15,19-20H,7,16-18H2,1-6H3,(H,27,31). The Morgan fingerprint density at radius 2 is 1.56 bits per heavy atom. The third-order valence-electron chi connectivity index (χ3n) is 5.48. The van der Waals surface area contributed by atoms with Crippen LogP contribution in [0.3, 0.4) is 0 Å². The lowest BCUT2D eigenvalue weighted by molar-refractivity contribution is -0.139. The first-order valence-corrected chi connectivity index (χ1v) is 13.7. The fraction of sp³-hybridized carbons (Fsp3) is 0.462. The second-order valence-electron chi connectivity index (χ2n) is 8.88. The van der Waals surface area contributed by atoms with Gasteiger partial charge in [-0.1, -0.05) is 26.0 Å². The molecule has 36 heavy (non-hydrogen) atoms. The van der Waals surface area contributed by atoms with Crippen molar-refractivity contribution in [2.45, 2.75) is 40.3 Å². The topological polar surface area (TPSA) is 105 Å². The van der Waals surface area contributed by atoms with E-state index in [0.717, 1.165) is 16.1 Å². The Labute approximate surface area is 214 Å². The number of anilines is 1. The summed E-state index contributed by atoms with van der Waals surface area (Å²) in [7, 11) is -2.23. The zero-order chi connectivity index (χ0) is 26.9. The lowest BCUT2D eigenvalue weighted by Gasteiger charge is -2.31. The van der Waals surface area contributed by atoms with Crippen LogP contribution in [0, 0.1) is 5.92 Å². The number of amides is 2. The molecule has 10 heteroatoms. The molecule has 0 heterocycles. The summed E-state index contributed by atoms with van der Waals surface area (Å²) in [6.45, 7) is 8.06. The van der Waals surface area contributed by atoms with Crippen LogP contribution in [0.25, 0.3) is 0 Å². The number of methoxy groups -OCH3 is 1. The minimum absolute atomic E-state index is 0.125. The third-order valence-corrected chi connectivity index (χ3v) is 6.62. The highest BCUT2D eigenvalue weighted by atomic mass is 32.2. The molecule has 1 atom stereocenters. The van der Waals surface area contributed by atoms with E-state index in [0.29, 0.717) is 30.3 Å². The van der Waals surface area contributed by atoms with Crippen LogP contribution < -0.4 is 19.1 Å². The third kappa shape index (κ3) is 8.44. The van der Waals surface area contributed by atoms with Gasteiger partial charge in [0.15, 0.2) is 0 Å². The number of rotatable bonds is 13. The van der Waals surface area contributed by atoms with Gasteiger partial charge in [-0.25, -0.2) is 8.42 Å². The Balaban J connectivity index is 2.34. The molecule has 198 valence electrons. The Morgan fingerprint density at radius 3 is 2.06 bits per heavy atom. The largest absolute Gasteiger partial charge is 0.497 e. The minimum Gasteiger partial charge on any atom is -0.497 e. The van der Waals surface area contributed by atoms with Crippen LogP contribution in [0.15, 0.2) is 48.5 Å². The van der Waals surface area contributed by atoms with E-state index in [-0.39, 0.29) is 18.4 Å². The highest BCUT2D eigenvalue weighted by Gasteiger charge is 2.30. The fourth-order valence-electron chi connectivity index (χ4n) is 3.45. The Morgan fingerprint density at radius 1 is 0.972 bits per heavy atom. The van der Waals surface area contributed by atoms with E-state index in [1.54, 1.807) is 62.6 Å². The first kappa shape index (κ1) is 29.0. The number of hydrogen-bond acceptors (Lipinski definition) is 6. The second-order valence-corrected chi connectivity index (χ2v) is 10.8. The molecule has 0 spiro atoms. The van der Waals surface area contributed by atoms with Gasteiger partial charge in [0.05, 0.1) is 25.7 Å². The molecule has 0 aliphatic carbocycles. The van der Waals surface area contributed by atoms with E-state index < -0.39 is 28.5 Å². The maximum Gasteiger partial charge on any atom is 0.244 e. The van der Waals surface area contributed by atoms with Crippen LogP contribution in [0.2, 0.25) is 0 Å². The summed E-state index contributed by atoms with van der Waals surface area (Å²) in [4.78, 5) is 27.8. The average molecular weight is 520 g/mol. The predicted molar refractivity (Wildman–Crippen MR) is 141 cm³/mol. The van der Waals surface area contributed by atoms with Gasteiger partial charge in [0.2, 0.25) is 21.8 Å². The van der Waals surface area contributed by atoms with Crippen molar-refractivity contribution >= 4 is 27.5 Å². The molecule has 0 saturated heterocycles. The van der Waals surface area contributed by atoms with Gasteiger partial charge in [-0.3, -0.25) is 13.9 Å². The molecule has 2 amide bonds. The molecule has 0 aliphatic heterocycles. The van der Waals surface area contributed by atoms with E-state index in [1.807, 2.05) is 20.8 Å². The molecular weight excluding hydrogens is 482 g/mol. The van der Waals surface area contributed by atoms with Gasteiger partial charge in [-0.05, 0) is 61.7 Å². The number of sulfonamides is 1. The van der Waals surface area contributed by atoms with E-state index >= 15 is 0 Å². The van der Waals surface area contributed by atoms with Crippen molar-refractivity contribution in [3.05, 3.63) is 54.1 Å². The van der Waals surface area contributed by atoms with Crippen molar-refractivity contribution in [1.82, 2.24) is 10.2 Å². The molecule has 0 bridgehead atoms. The summed E-state index contributed by atoms with van der Waals surface area (Å²) in [6.07, 6.45) is 1.04. The van der Waals surface area contributed by atoms with Crippen molar-refractivity contribution in [2.24, 2.45) is 5.92 Å². The molecule has 0 saturated carbocycles. The van der Waals surface area contributed by atoms with Crippen LogP contribution in [0.1, 0.15) is 33.3 Å². The second kappa shape index (κ2) is 13.2. The summed E-state index contributed by atoms with van der Waals surface area (Å²) in [5.74, 6) is 0.692. The summed E-state index contributed by atoms with van der Waals surface area (Å²) in [5, 5.41) is 2.86. The Bertz CT molecular complexity index is 1100. The summed E-state index contributed by atoms with van der Waals surface area (Å²) in [5.41, 5.74) is 1.11. The number of ether oxygens (including phenoxy) is 2. The fourth-order valence-corrected chi connectivity index (χ4v) is 4.30. The number of benzene rings is 2. The van der Waals surface area contributed by atoms with Crippen LogP contribution in [-0.2, 0) is 26.2 Å². The molecule has 2 rings (SSSR count). The molecule has 1 N–H and O–H groups in total. The zero-order valence-electron chi connectivity index (χ0n) is 21.9. The summed E-state index contributed by atoms with van der Waals surface area (Å²) in [6, 6.07) is 12.8. The van der Waals surface area contributed by atoms with E-state index in [4.69, 9.17) is 9.47 Å². The highest BCUT2D eigenvalue weighted by molar-refractivity contribution is 7.92. The van der Waals surface area contributed by atoms with Crippen molar-refractivity contribution < 1.29 is 27.5 Å². The van der Waals surface area contributed by atoms with Gasteiger partial charge < -0.3 is 19.7 Å². The van der Waals surface area contributed by atoms with Crippen molar-refractivity contribution in [1.29, 1.82) is 0 Å². The highest BCUT2D eigenvalue weighted by Crippen LogP contribution is 2.23. The number of carbonyl (C=O) groups excluding carboxylic acids is 2. The van der Waals surface area contributed by atoms with E-state index in [9.17, 15) is 18.0 Å². The van der Waals surface area contributed by atoms with Gasteiger partial charge in [-0.15, -0.1) is 0 Å². The normalized spacial score (nSPS) is 12.1. The quantitative estimate of drug-likeness (QED) is 0.436. The van der Waals surface area contributed by atoms with E-state index in [1.165, 1.54) is 4.90 Å². The molecule has 2 aromatic carbocycles. The van der Waals surface area contributed by atoms with Gasteiger partial charge >= 0.3 is 0 Å². The molecule has 0 radical (unpaired) electrons. The van der Waals surface area contributed by atoms with Gasteiger partial charge in [0, 0.05) is 13.1 Å². The molecule has 0 aliphatic rings. The monoisotopic (exact) mass is 519 g/mol. The first-order chi connectivity index (χ1) is 17.0. The van der Waals surface area contributed by atoms with Crippen LogP contribution in [-0.4, -0.2) is 64.2 Å². The molecule has 1 unspecified atom stereocenters. The van der Waals surface area contributed by atoms with Crippen molar-refractivity contribution in [3.63, 3.8) is 0 Å². The van der Waals surface area contributed by atoms with E-state index in [2.05, 4.69) is 5.32 Å². The predicted octanol–water partition coefficient (Wildman–Crippen LogP) is 3.05. The lowest BCUT2D eigenvalue weighted by Crippen LogP contribution is -2.51. The molecule has 2 aromatic rings. The zero-order valence-corrected chi connectivity index (χ0v) is 22.7. The Hall–Kier alpha value is -3.27. The van der Waals surface area contributed by atoms with Crippen LogP contribution >= 0.6 is 0 Å². The number of nitrogens with zero attached hydrogens (tertiary/aromatic N) is 2. The maximum atomic E-state index is 13.5. The number of nitrogens with one attached hydrogen (secondary N) is 1. The van der Waals surface area contributed by atoms with Crippen molar-refractivity contribution in [3.8, 4) is 11.5 Å². The van der Waals surface area contributed by atoms with Crippen molar-refractivity contribution in [2.75, 3.05) is 37.4 Å². The van der Waals surface area contributed by atoms with Gasteiger partial charge in [0.25, 0.3) is 0 Å². The molecule has 9 nitrogen and oxygen atoms in total. The lowest BCUT2D eigenvalue weighted by atomic mass is 10.1. The molecule has 0 aromatic heterocycles. The van der Waals surface area contributed by atoms with Gasteiger partial charge in [0.1, 0.15) is 24.1 Å². The molecular formula is C26H37N3O6S. The summed E-state index contributed by atoms with van der Waals surface area (Å²) < 4.78 is 36.9. The van der Waals surface area contributed by atoms with Crippen LogP contribution in [0.5, 0.6) is 11.5 Å². The average Bonchev–Trinajstić information content (AvgIpc) is 2.84. The minimum atomic E-state index is -3.79. The van der Waals surface area contributed by atoms with Crippen LogP contribution in [0.4, 0.5) is 5.69 Å². The Kier molecular flexibility index (Phi) is 10.6. The number of hydrogen-bond donors (Lipinski definition) is 1. The molecule has 0 fully saturated rings. The first-order valence-electron chi connectivity index (χ1n) is 11.9. The van der Waals surface area contributed by atoms with Gasteiger partial charge in [-0.2, -0.15) is 0 Å². The smallest absolute Gasteiger partial charge is 0.244 e. The summed E-state index contributed by atoms with van der Waals surface area (Å²) >= 11 is 0. The SMILES string of the molecule is CCOc1ccc(N(CC(=O)N(Cc2ccc(OC)cc2)C(C)C(=O)NCC(C)C)S(C)(=O)=O)cc1. The maximum absolute atomic E-state index is 13.5. The number of carbonyl (C=O) groups is 2.